The molecule has 1 unspecified atom stereocenters. The smallest absolute Gasteiger partial charge is 0.258 e. The molecule has 0 saturated carbocycles. The molecule has 3 rings (SSSR count). The zero-order chi connectivity index (χ0) is 33.5. The van der Waals surface area contributed by atoms with E-state index in [0.29, 0.717) is 0 Å². The first-order valence-corrected chi connectivity index (χ1v) is 22.0. The highest BCUT2D eigenvalue weighted by Gasteiger charge is 2.53. The molecule has 2 aromatic rings. The second-order valence-electron chi connectivity index (χ2n) is 15.3. The summed E-state index contributed by atoms with van der Waals surface area (Å²) in [5, 5.41) is 1.81. The Hall–Kier alpha value is -1.81. The maximum Gasteiger partial charge on any atom is 0.258 e. The zero-order valence-electron chi connectivity index (χ0n) is 30.2. The van der Waals surface area contributed by atoms with E-state index in [0.717, 1.165) is 49.3 Å². The summed E-state index contributed by atoms with van der Waals surface area (Å²) in [6, 6.07) is 20.7. The van der Waals surface area contributed by atoms with Gasteiger partial charge in [0.15, 0.2) is 8.32 Å². The van der Waals surface area contributed by atoms with Gasteiger partial charge in [0.25, 0.3) is 8.32 Å². The van der Waals surface area contributed by atoms with Crippen LogP contribution in [0.4, 0.5) is 0 Å². The highest BCUT2D eigenvalue weighted by atomic mass is 28.4. The van der Waals surface area contributed by atoms with Crippen LogP contribution >= 0.6 is 0 Å². The fourth-order valence-electron chi connectivity index (χ4n) is 6.12. The number of rotatable bonds is 17. The van der Waals surface area contributed by atoms with Crippen molar-refractivity contribution in [1.29, 1.82) is 0 Å². The van der Waals surface area contributed by atoms with Gasteiger partial charge in [0.2, 0.25) is 0 Å². The van der Waals surface area contributed by atoms with Gasteiger partial charge in [0.1, 0.15) is 6.10 Å². The zero-order valence-corrected chi connectivity index (χ0v) is 32.2. The van der Waals surface area contributed by atoms with Gasteiger partial charge >= 0.3 is 0 Å². The normalized spacial score (nSPS) is 18.9. The largest absolute Gasteiger partial charge is 0.424 e. The fourth-order valence-corrected chi connectivity index (χ4v) is 11.2. The van der Waals surface area contributed by atoms with E-state index in [-0.39, 0.29) is 29.3 Å². The van der Waals surface area contributed by atoms with Gasteiger partial charge in [-0.1, -0.05) is 126 Å². The number of ether oxygens (including phenoxy) is 2. The monoisotopic (exact) mass is 650 g/mol. The van der Waals surface area contributed by atoms with E-state index in [9.17, 15) is 4.80 Å². The molecule has 1 heterocycles. The Kier molecular flexibility index (Phi) is 13.3. The van der Waals surface area contributed by atoms with E-state index in [4.69, 9.17) is 13.9 Å². The van der Waals surface area contributed by atoms with E-state index in [2.05, 4.69) is 136 Å². The van der Waals surface area contributed by atoms with Gasteiger partial charge in [-0.05, 0) is 79.2 Å². The van der Waals surface area contributed by atoms with Crippen molar-refractivity contribution in [2.45, 2.75) is 129 Å². The Balaban J connectivity index is 2.06. The maximum atomic E-state index is 13.0. The van der Waals surface area contributed by atoms with Crippen LogP contribution < -0.4 is 10.4 Å². The molecule has 0 radical (unpaired) electrons. The van der Waals surface area contributed by atoms with Crippen LogP contribution in [0.2, 0.25) is 23.2 Å². The summed E-state index contributed by atoms with van der Waals surface area (Å²) in [7, 11) is -5.19. The quantitative estimate of drug-likeness (QED) is 0.0805. The molecular formula is C39H62O4Si2. The van der Waals surface area contributed by atoms with E-state index < -0.39 is 21.7 Å². The molecule has 2 aromatic carbocycles. The predicted molar refractivity (Wildman–Crippen MR) is 197 cm³/mol. The van der Waals surface area contributed by atoms with Gasteiger partial charge < -0.3 is 18.7 Å². The first-order valence-electron chi connectivity index (χ1n) is 17.1. The minimum Gasteiger partial charge on any atom is -0.424 e. The second-order valence-corrected chi connectivity index (χ2v) is 24.0. The molecule has 1 fully saturated rings. The predicted octanol–water partition coefficient (Wildman–Crippen LogP) is 8.80. The Labute approximate surface area is 277 Å². The molecule has 45 heavy (non-hydrogen) atoms. The SMILES string of the molecule is C/C=C(/C)[C@@H](C/C=C(\C)[C@@H](CC(C)(C)[Si](O)(c1ccccc1)c1ccccc1)[C@H](OCCCC)C1CO1)O[Si](C)(C)C(C)(C)C. The number of epoxide rings is 1. The third-order valence-corrected chi connectivity index (χ3v) is 19.5. The average molecular weight is 651 g/mol. The summed E-state index contributed by atoms with van der Waals surface area (Å²) < 4.78 is 19.6. The molecule has 1 saturated heterocycles. The van der Waals surface area contributed by atoms with Crippen LogP contribution in [0.5, 0.6) is 0 Å². The molecule has 4 nitrogen and oxygen atoms in total. The topological polar surface area (TPSA) is 51.2 Å². The van der Waals surface area contributed by atoms with Gasteiger partial charge in [0, 0.05) is 12.5 Å². The molecule has 1 aliphatic rings. The third-order valence-electron chi connectivity index (χ3n) is 10.5. The van der Waals surface area contributed by atoms with Gasteiger partial charge in [-0.2, -0.15) is 0 Å². The highest BCUT2D eigenvalue weighted by molar-refractivity contribution is 6.98. The van der Waals surface area contributed by atoms with Crippen molar-refractivity contribution in [3.05, 3.63) is 84.0 Å². The van der Waals surface area contributed by atoms with E-state index in [1.54, 1.807) is 0 Å². The van der Waals surface area contributed by atoms with Gasteiger partial charge in [-0.25, -0.2) is 0 Å². The fraction of sp³-hybridized carbons (Fsp3) is 0.590. The summed E-state index contributed by atoms with van der Waals surface area (Å²) >= 11 is 0. The number of unbranched alkanes of at least 4 members (excludes halogenated alkanes) is 1. The van der Waals surface area contributed by atoms with Gasteiger partial charge in [0.05, 0.1) is 18.8 Å². The van der Waals surface area contributed by atoms with Crippen LogP contribution in [0.1, 0.15) is 88.0 Å². The van der Waals surface area contributed by atoms with Crippen LogP contribution in [0.15, 0.2) is 84.0 Å². The van der Waals surface area contributed by atoms with Crippen molar-refractivity contribution in [1.82, 2.24) is 0 Å². The van der Waals surface area contributed by atoms with Crippen molar-refractivity contribution >= 4 is 27.0 Å². The third kappa shape index (κ3) is 9.39. The Morgan fingerprint density at radius 1 is 0.956 bits per heavy atom. The lowest BCUT2D eigenvalue weighted by Crippen LogP contribution is -2.66. The number of hydrogen-bond donors (Lipinski definition) is 1. The lowest BCUT2D eigenvalue weighted by Gasteiger charge is -2.44. The summed E-state index contributed by atoms with van der Waals surface area (Å²) in [5.41, 5.74) is 2.57. The number of hydrogen-bond acceptors (Lipinski definition) is 4. The molecule has 4 atom stereocenters. The first-order chi connectivity index (χ1) is 21.1. The molecule has 0 bridgehead atoms. The van der Waals surface area contributed by atoms with Crippen molar-refractivity contribution in [2.24, 2.45) is 5.92 Å². The molecule has 0 aromatic heterocycles. The van der Waals surface area contributed by atoms with Crippen LogP contribution in [-0.4, -0.2) is 53.0 Å². The Morgan fingerprint density at radius 3 is 1.93 bits per heavy atom. The highest BCUT2D eigenvalue weighted by Crippen LogP contribution is 2.46. The second kappa shape index (κ2) is 15.9. The van der Waals surface area contributed by atoms with Gasteiger partial charge in [-0.15, -0.1) is 0 Å². The van der Waals surface area contributed by atoms with E-state index in [1.165, 1.54) is 11.1 Å². The number of benzene rings is 2. The summed E-state index contributed by atoms with van der Waals surface area (Å²) in [5.74, 6) is 0.0928. The van der Waals surface area contributed by atoms with Crippen molar-refractivity contribution in [2.75, 3.05) is 13.2 Å². The van der Waals surface area contributed by atoms with Crippen molar-refractivity contribution < 1.29 is 18.7 Å². The summed E-state index contributed by atoms with van der Waals surface area (Å²) in [6.45, 7) is 26.4. The van der Waals surface area contributed by atoms with E-state index >= 15 is 0 Å². The van der Waals surface area contributed by atoms with Crippen LogP contribution in [0, 0.1) is 5.92 Å². The molecule has 1 aliphatic heterocycles. The molecule has 6 heteroatoms. The number of allylic oxidation sites excluding steroid dienone is 1. The molecule has 1 N–H and O–H groups in total. The summed E-state index contributed by atoms with van der Waals surface area (Å²) in [6.07, 6.45) is 8.38. The lowest BCUT2D eigenvalue weighted by atomic mass is 9.83. The Morgan fingerprint density at radius 2 is 1.49 bits per heavy atom. The standard InChI is InChI=1S/C39H62O4Si2/c1-12-14-27-41-37(36-29-42-36)34(31(4)25-26-35(30(3)13-2)43-44(10,11)38(5,6)7)28-39(8,9)45(40,32-21-17-15-18-22-32)33-23-19-16-20-24-33/h13,15-25,34-37,40H,12,14,26-29H2,1-11H3/b30-13-,31-25+/t34-,35-,36?,37+/m1/s1. The van der Waals surface area contributed by atoms with Crippen LogP contribution in [0.3, 0.4) is 0 Å². The molecule has 0 spiro atoms. The Bertz CT molecular complexity index is 1200. The molecular weight excluding hydrogens is 589 g/mol. The maximum absolute atomic E-state index is 13.0. The van der Waals surface area contributed by atoms with Crippen LogP contribution in [-0.2, 0) is 13.9 Å². The van der Waals surface area contributed by atoms with Crippen molar-refractivity contribution in [3.63, 3.8) is 0 Å². The first kappa shape index (κ1) is 37.6. The molecule has 0 aliphatic carbocycles. The van der Waals surface area contributed by atoms with E-state index in [1.807, 2.05) is 12.1 Å². The van der Waals surface area contributed by atoms with Crippen molar-refractivity contribution in [3.8, 4) is 0 Å². The minimum atomic E-state index is -3.21. The lowest BCUT2D eigenvalue weighted by molar-refractivity contribution is -0.00256. The molecule has 0 amide bonds. The van der Waals surface area contributed by atoms with Crippen LogP contribution in [0.25, 0.3) is 0 Å². The summed E-state index contributed by atoms with van der Waals surface area (Å²) in [4.78, 5) is 13.0. The molecule has 250 valence electrons. The average Bonchev–Trinajstić information content (AvgIpc) is 3.85. The minimum absolute atomic E-state index is 0.0380. The van der Waals surface area contributed by atoms with Gasteiger partial charge in [-0.3, -0.25) is 0 Å².